The van der Waals surface area contributed by atoms with Gasteiger partial charge < -0.3 is 10.1 Å². The summed E-state index contributed by atoms with van der Waals surface area (Å²) >= 11 is 0. The highest BCUT2D eigenvalue weighted by Crippen LogP contribution is 2.49. The third-order valence-electron chi connectivity index (χ3n) is 6.39. The number of carbonyl (C=O) groups excluding carboxylic acids is 3. The standard InChI is InChI=1S/C27H17NO4/c1-32-15-12-10-14(11-13-15)20-21-23(16-6-2-3-7-17(16)25(21)29)28-24-22(20)26(30)18-8-4-5-9-19(18)27(24)31/h2-13,20,28H,1H3. The second kappa shape index (κ2) is 6.62. The molecule has 0 amide bonds. The van der Waals surface area contributed by atoms with E-state index in [4.69, 9.17) is 4.74 Å². The van der Waals surface area contributed by atoms with E-state index in [1.807, 2.05) is 30.3 Å². The quantitative estimate of drug-likeness (QED) is 0.670. The van der Waals surface area contributed by atoms with Crippen molar-refractivity contribution in [3.05, 3.63) is 117 Å². The lowest BCUT2D eigenvalue weighted by molar-refractivity contribution is 0.0961. The molecule has 1 atom stereocenters. The summed E-state index contributed by atoms with van der Waals surface area (Å²) in [5.41, 5.74) is 4.48. The minimum atomic E-state index is -0.656. The molecule has 0 spiro atoms. The van der Waals surface area contributed by atoms with E-state index in [0.717, 1.165) is 11.1 Å². The third kappa shape index (κ3) is 2.36. The van der Waals surface area contributed by atoms with Gasteiger partial charge in [0.1, 0.15) is 5.75 Å². The maximum Gasteiger partial charge on any atom is 0.210 e. The smallest absolute Gasteiger partial charge is 0.210 e. The first-order valence-electron chi connectivity index (χ1n) is 10.3. The fourth-order valence-corrected chi connectivity index (χ4v) is 4.91. The van der Waals surface area contributed by atoms with Crippen LogP contribution >= 0.6 is 0 Å². The molecule has 1 aliphatic heterocycles. The SMILES string of the molecule is COc1ccc(C2C3=C(NC4=C2C(=O)c2ccccc24)C(=O)c2ccccc2C3=O)cc1. The monoisotopic (exact) mass is 419 g/mol. The van der Waals surface area contributed by atoms with E-state index in [1.165, 1.54) is 0 Å². The van der Waals surface area contributed by atoms with Crippen molar-refractivity contribution < 1.29 is 19.1 Å². The van der Waals surface area contributed by atoms with E-state index < -0.39 is 5.92 Å². The van der Waals surface area contributed by atoms with Gasteiger partial charge in [-0.2, -0.15) is 0 Å². The molecular weight excluding hydrogens is 402 g/mol. The minimum Gasteiger partial charge on any atom is -0.497 e. The van der Waals surface area contributed by atoms with Crippen LogP contribution in [0.5, 0.6) is 5.75 Å². The summed E-state index contributed by atoms with van der Waals surface area (Å²) in [4.78, 5) is 40.6. The van der Waals surface area contributed by atoms with E-state index in [9.17, 15) is 14.4 Å². The Kier molecular flexibility index (Phi) is 3.83. The van der Waals surface area contributed by atoms with E-state index >= 15 is 0 Å². The molecule has 6 rings (SSSR count). The van der Waals surface area contributed by atoms with Crippen molar-refractivity contribution in [2.45, 2.75) is 5.92 Å². The number of fused-ring (bicyclic) bond motifs is 3. The highest BCUT2D eigenvalue weighted by molar-refractivity contribution is 6.31. The number of dihydropyridines is 1. The minimum absolute atomic E-state index is 0.130. The van der Waals surface area contributed by atoms with Crippen molar-refractivity contribution in [2.75, 3.05) is 7.11 Å². The molecule has 5 nitrogen and oxygen atoms in total. The number of Topliss-reactive ketones (excluding diaryl/α,β-unsaturated/α-hetero) is 3. The molecule has 0 saturated heterocycles. The van der Waals surface area contributed by atoms with Gasteiger partial charge in [0.2, 0.25) is 5.78 Å². The zero-order chi connectivity index (χ0) is 22.0. The number of rotatable bonds is 2. The second-order valence-corrected chi connectivity index (χ2v) is 7.99. The number of hydrogen-bond acceptors (Lipinski definition) is 5. The predicted octanol–water partition coefficient (Wildman–Crippen LogP) is 4.32. The number of nitrogens with one attached hydrogen (secondary N) is 1. The number of carbonyl (C=O) groups is 3. The molecule has 5 heteroatoms. The molecule has 154 valence electrons. The van der Waals surface area contributed by atoms with Gasteiger partial charge in [0, 0.05) is 39.3 Å². The van der Waals surface area contributed by atoms with Crippen molar-refractivity contribution >= 4 is 23.0 Å². The Balaban J connectivity index is 1.62. The first-order chi connectivity index (χ1) is 15.6. The number of methoxy groups -OCH3 is 1. The summed E-state index contributed by atoms with van der Waals surface area (Å²) in [6.07, 6.45) is 0. The predicted molar refractivity (Wildman–Crippen MR) is 119 cm³/mol. The molecule has 0 radical (unpaired) electrons. The van der Waals surface area contributed by atoms with Crippen LogP contribution in [0.4, 0.5) is 0 Å². The van der Waals surface area contributed by atoms with Crippen LogP contribution < -0.4 is 10.1 Å². The zero-order valence-corrected chi connectivity index (χ0v) is 17.1. The molecule has 3 aliphatic rings. The van der Waals surface area contributed by atoms with Gasteiger partial charge in [-0.05, 0) is 17.7 Å². The van der Waals surface area contributed by atoms with Gasteiger partial charge in [0.25, 0.3) is 0 Å². The Bertz CT molecular complexity index is 1430. The molecule has 1 heterocycles. The van der Waals surface area contributed by atoms with Crippen LogP contribution in [0.25, 0.3) is 5.70 Å². The van der Waals surface area contributed by atoms with Crippen LogP contribution in [-0.2, 0) is 0 Å². The van der Waals surface area contributed by atoms with Crippen molar-refractivity contribution in [3.63, 3.8) is 0 Å². The van der Waals surface area contributed by atoms with Gasteiger partial charge >= 0.3 is 0 Å². The summed E-state index contributed by atoms with van der Waals surface area (Å²) < 4.78 is 5.28. The van der Waals surface area contributed by atoms with Gasteiger partial charge in [-0.25, -0.2) is 0 Å². The fourth-order valence-electron chi connectivity index (χ4n) is 4.91. The first-order valence-corrected chi connectivity index (χ1v) is 10.3. The van der Waals surface area contributed by atoms with E-state index in [-0.39, 0.29) is 23.0 Å². The number of ketones is 3. The molecule has 0 fully saturated rings. The van der Waals surface area contributed by atoms with Crippen molar-refractivity contribution in [1.29, 1.82) is 0 Å². The van der Waals surface area contributed by atoms with Gasteiger partial charge in [-0.1, -0.05) is 60.7 Å². The van der Waals surface area contributed by atoms with Gasteiger partial charge in [-0.3, -0.25) is 14.4 Å². The van der Waals surface area contributed by atoms with Crippen molar-refractivity contribution in [1.82, 2.24) is 5.32 Å². The van der Waals surface area contributed by atoms with Gasteiger partial charge in [0.05, 0.1) is 18.5 Å². The summed E-state index contributed by atoms with van der Waals surface area (Å²) in [6, 6.07) is 21.4. The average molecular weight is 419 g/mol. The molecular formula is C27H17NO4. The molecule has 1 unspecified atom stereocenters. The maximum absolute atomic E-state index is 13.7. The fraction of sp³-hybridized carbons (Fsp3) is 0.0741. The molecule has 3 aromatic carbocycles. The van der Waals surface area contributed by atoms with Crippen LogP contribution in [0.15, 0.2) is 89.6 Å². The van der Waals surface area contributed by atoms with E-state index in [0.29, 0.717) is 39.3 Å². The molecule has 0 aromatic heterocycles. The summed E-state index contributed by atoms with van der Waals surface area (Å²) in [5, 5.41) is 3.19. The Morgan fingerprint density at radius 1 is 0.625 bits per heavy atom. The van der Waals surface area contributed by atoms with Crippen molar-refractivity contribution in [3.8, 4) is 5.75 Å². The Morgan fingerprint density at radius 3 is 1.72 bits per heavy atom. The van der Waals surface area contributed by atoms with Crippen LogP contribution in [0, 0.1) is 0 Å². The molecule has 32 heavy (non-hydrogen) atoms. The molecule has 2 aliphatic carbocycles. The number of ether oxygens (including phenoxy) is 1. The summed E-state index contributed by atoms with van der Waals surface area (Å²) in [7, 11) is 1.58. The molecule has 3 aromatic rings. The zero-order valence-electron chi connectivity index (χ0n) is 17.1. The summed E-state index contributed by atoms with van der Waals surface area (Å²) in [6.45, 7) is 0. The lowest BCUT2D eigenvalue weighted by Crippen LogP contribution is -2.36. The molecule has 1 N–H and O–H groups in total. The van der Waals surface area contributed by atoms with Gasteiger partial charge in [0.15, 0.2) is 11.6 Å². The molecule has 0 saturated carbocycles. The topological polar surface area (TPSA) is 72.5 Å². The van der Waals surface area contributed by atoms with Crippen molar-refractivity contribution in [2.24, 2.45) is 0 Å². The normalized spacial score (nSPS) is 18.7. The van der Waals surface area contributed by atoms with E-state index in [2.05, 4.69) is 5.32 Å². The number of hydrogen-bond donors (Lipinski definition) is 1. The highest BCUT2D eigenvalue weighted by atomic mass is 16.5. The van der Waals surface area contributed by atoms with Crippen LogP contribution in [0.1, 0.15) is 48.1 Å². The highest BCUT2D eigenvalue weighted by Gasteiger charge is 2.46. The van der Waals surface area contributed by atoms with Crippen LogP contribution in [0.2, 0.25) is 0 Å². The largest absolute Gasteiger partial charge is 0.497 e. The number of benzene rings is 3. The van der Waals surface area contributed by atoms with E-state index in [1.54, 1.807) is 49.6 Å². The Labute approximate surface area is 184 Å². The molecule has 0 bridgehead atoms. The lowest BCUT2D eigenvalue weighted by atomic mass is 9.73. The average Bonchev–Trinajstić information content (AvgIpc) is 3.13. The maximum atomic E-state index is 13.7. The van der Waals surface area contributed by atoms with Gasteiger partial charge in [-0.15, -0.1) is 0 Å². The summed E-state index contributed by atoms with van der Waals surface area (Å²) in [5.74, 6) is -0.592. The Hall–Kier alpha value is -4.25. The first kappa shape index (κ1) is 18.5. The third-order valence-corrected chi connectivity index (χ3v) is 6.39. The number of allylic oxidation sites excluding steroid dienone is 3. The second-order valence-electron chi connectivity index (χ2n) is 7.99. The van der Waals surface area contributed by atoms with Crippen LogP contribution in [-0.4, -0.2) is 24.5 Å². The Morgan fingerprint density at radius 2 is 1.12 bits per heavy atom. The lowest BCUT2D eigenvalue weighted by Gasteiger charge is -2.33. The van der Waals surface area contributed by atoms with Crippen LogP contribution in [0.3, 0.4) is 0 Å².